The van der Waals surface area contributed by atoms with Crippen molar-refractivity contribution in [1.29, 1.82) is 0 Å². The molecule has 0 spiro atoms. The molecule has 3 rings (SSSR count). The van der Waals surface area contributed by atoms with Crippen LogP contribution in [0.5, 0.6) is 0 Å². The highest BCUT2D eigenvalue weighted by Crippen LogP contribution is 2.24. The molecule has 2 aromatic rings. The molecular formula is C19H24ClN3O2S. The van der Waals surface area contributed by atoms with Crippen molar-refractivity contribution in [3.8, 4) is 0 Å². The van der Waals surface area contributed by atoms with Crippen molar-refractivity contribution < 1.29 is 9.59 Å². The van der Waals surface area contributed by atoms with Gasteiger partial charge in [0.2, 0.25) is 0 Å². The van der Waals surface area contributed by atoms with Gasteiger partial charge >= 0.3 is 0 Å². The largest absolute Gasteiger partial charge is 0.348 e. The van der Waals surface area contributed by atoms with Crippen molar-refractivity contribution in [2.45, 2.75) is 32.2 Å². The monoisotopic (exact) mass is 393 g/mol. The van der Waals surface area contributed by atoms with Crippen LogP contribution in [0.25, 0.3) is 0 Å². The maximum atomic E-state index is 12.5. The molecule has 26 heavy (non-hydrogen) atoms. The minimum absolute atomic E-state index is 0. The highest BCUT2D eigenvalue weighted by molar-refractivity contribution is 7.14. The highest BCUT2D eigenvalue weighted by atomic mass is 35.5. The van der Waals surface area contributed by atoms with Gasteiger partial charge in [-0.25, -0.2) is 0 Å². The fraction of sp³-hybridized carbons (Fsp3) is 0.368. The molecule has 0 bridgehead atoms. The van der Waals surface area contributed by atoms with Gasteiger partial charge in [-0.1, -0.05) is 19.1 Å². The molecule has 1 aromatic carbocycles. The standard InChI is InChI=1S/C19H23N3O2S.ClH/c1-2-13-5-7-14(8-6-13)17(23)22-19-16(9-11-25-19)18(24)21-15-4-3-10-20-12-15;/h5-9,11,15,20H,2-4,10,12H2,1H3,(H,21,24)(H,22,23);1H/t15-;/m0./s1. The zero-order chi connectivity index (χ0) is 17.6. The van der Waals surface area contributed by atoms with E-state index in [0.717, 1.165) is 32.4 Å². The van der Waals surface area contributed by atoms with Crippen LogP contribution in [0.3, 0.4) is 0 Å². The smallest absolute Gasteiger partial charge is 0.256 e. The van der Waals surface area contributed by atoms with Gasteiger partial charge in [-0.3, -0.25) is 9.59 Å². The van der Waals surface area contributed by atoms with E-state index in [1.807, 2.05) is 29.6 Å². The van der Waals surface area contributed by atoms with E-state index in [1.54, 1.807) is 6.07 Å². The lowest BCUT2D eigenvalue weighted by molar-refractivity contribution is 0.0932. The lowest BCUT2D eigenvalue weighted by Gasteiger charge is -2.23. The Morgan fingerprint density at radius 3 is 2.62 bits per heavy atom. The Hall–Kier alpha value is -1.89. The number of benzene rings is 1. The van der Waals surface area contributed by atoms with E-state index in [2.05, 4.69) is 22.9 Å². The molecule has 0 radical (unpaired) electrons. The third-order valence-electron chi connectivity index (χ3n) is 4.39. The molecule has 0 aliphatic carbocycles. The maximum absolute atomic E-state index is 12.5. The Morgan fingerprint density at radius 1 is 1.19 bits per heavy atom. The minimum atomic E-state index is -0.196. The van der Waals surface area contributed by atoms with Crippen LogP contribution in [0.2, 0.25) is 0 Å². The van der Waals surface area contributed by atoms with Crippen LogP contribution >= 0.6 is 23.7 Å². The van der Waals surface area contributed by atoms with Crippen LogP contribution in [0.4, 0.5) is 5.00 Å². The summed E-state index contributed by atoms with van der Waals surface area (Å²) >= 11 is 1.36. The van der Waals surface area contributed by atoms with E-state index >= 15 is 0 Å². The first-order chi connectivity index (χ1) is 12.2. The molecule has 1 fully saturated rings. The summed E-state index contributed by atoms with van der Waals surface area (Å²) in [6.07, 6.45) is 2.98. The molecule has 2 heterocycles. The number of amides is 2. The average Bonchev–Trinajstić information content (AvgIpc) is 3.11. The number of halogens is 1. The Bertz CT molecular complexity index is 739. The summed E-state index contributed by atoms with van der Waals surface area (Å²) in [5.74, 6) is -0.329. The third kappa shape index (κ3) is 5.06. The Morgan fingerprint density at radius 2 is 1.96 bits per heavy atom. The molecule has 7 heteroatoms. The molecule has 1 aliphatic heterocycles. The first-order valence-corrected chi connectivity index (χ1v) is 9.54. The van der Waals surface area contributed by atoms with Crippen LogP contribution in [-0.2, 0) is 6.42 Å². The number of hydrogen-bond acceptors (Lipinski definition) is 4. The van der Waals surface area contributed by atoms with Crippen molar-refractivity contribution in [1.82, 2.24) is 10.6 Å². The molecule has 1 aliphatic rings. The second-order valence-corrected chi connectivity index (χ2v) is 7.10. The van der Waals surface area contributed by atoms with Crippen molar-refractivity contribution >= 4 is 40.6 Å². The van der Waals surface area contributed by atoms with Crippen LogP contribution < -0.4 is 16.0 Å². The number of carbonyl (C=O) groups excluding carboxylic acids is 2. The quantitative estimate of drug-likeness (QED) is 0.728. The van der Waals surface area contributed by atoms with Gasteiger partial charge < -0.3 is 16.0 Å². The number of hydrogen-bond donors (Lipinski definition) is 3. The fourth-order valence-electron chi connectivity index (χ4n) is 2.89. The predicted molar refractivity (Wildman–Crippen MR) is 109 cm³/mol. The van der Waals surface area contributed by atoms with Gasteiger partial charge in [-0.05, 0) is 54.9 Å². The Labute approximate surface area is 164 Å². The summed E-state index contributed by atoms with van der Waals surface area (Å²) < 4.78 is 0. The van der Waals surface area contributed by atoms with Crippen LogP contribution in [-0.4, -0.2) is 30.9 Å². The van der Waals surface area contributed by atoms with Crippen molar-refractivity contribution in [2.24, 2.45) is 0 Å². The molecule has 2 amide bonds. The molecule has 0 saturated carbocycles. The van der Waals surface area contributed by atoms with E-state index in [1.165, 1.54) is 16.9 Å². The highest BCUT2D eigenvalue weighted by Gasteiger charge is 2.20. The van der Waals surface area contributed by atoms with Gasteiger partial charge in [0.25, 0.3) is 11.8 Å². The minimum Gasteiger partial charge on any atom is -0.348 e. The van der Waals surface area contributed by atoms with Gasteiger partial charge in [-0.2, -0.15) is 0 Å². The van der Waals surface area contributed by atoms with Crippen molar-refractivity contribution in [2.75, 3.05) is 18.4 Å². The van der Waals surface area contributed by atoms with E-state index in [4.69, 9.17) is 0 Å². The molecular weight excluding hydrogens is 370 g/mol. The summed E-state index contributed by atoms with van der Waals surface area (Å²) in [5, 5.41) is 11.6. The lowest BCUT2D eigenvalue weighted by atomic mass is 10.1. The molecule has 1 saturated heterocycles. The number of nitrogens with one attached hydrogen (secondary N) is 3. The number of carbonyl (C=O) groups is 2. The van der Waals surface area contributed by atoms with Gasteiger partial charge in [0.05, 0.1) is 5.56 Å². The van der Waals surface area contributed by atoms with E-state index < -0.39 is 0 Å². The number of anilines is 1. The number of piperidine rings is 1. The van der Waals surface area contributed by atoms with E-state index in [0.29, 0.717) is 16.1 Å². The molecule has 140 valence electrons. The zero-order valence-corrected chi connectivity index (χ0v) is 16.3. The first kappa shape index (κ1) is 20.4. The van der Waals surface area contributed by atoms with Crippen LogP contribution in [0, 0.1) is 0 Å². The molecule has 0 unspecified atom stereocenters. The summed E-state index contributed by atoms with van der Waals surface area (Å²) in [5.41, 5.74) is 2.30. The topological polar surface area (TPSA) is 70.2 Å². The summed E-state index contributed by atoms with van der Waals surface area (Å²) in [6, 6.07) is 9.43. The van der Waals surface area contributed by atoms with Gasteiger partial charge in [-0.15, -0.1) is 23.7 Å². The predicted octanol–water partition coefficient (Wildman–Crippen LogP) is 3.47. The number of rotatable bonds is 5. The second-order valence-electron chi connectivity index (χ2n) is 6.18. The molecule has 5 nitrogen and oxygen atoms in total. The average molecular weight is 394 g/mol. The van der Waals surface area contributed by atoms with Crippen molar-refractivity contribution in [3.63, 3.8) is 0 Å². The summed E-state index contributed by atoms with van der Waals surface area (Å²) in [6.45, 7) is 3.87. The van der Waals surface area contributed by atoms with E-state index in [-0.39, 0.29) is 30.3 Å². The van der Waals surface area contributed by atoms with Gasteiger partial charge in [0.1, 0.15) is 5.00 Å². The van der Waals surface area contributed by atoms with Crippen molar-refractivity contribution in [3.05, 3.63) is 52.4 Å². The second kappa shape index (κ2) is 9.71. The molecule has 1 aromatic heterocycles. The molecule has 1 atom stereocenters. The summed E-state index contributed by atoms with van der Waals surface area (Å²) in [7, 11) is 0. The Balaban J connectivity index is 0.00000243. The molecule has 3 N–H and O–H groups in total. The first-order valence-electron chi connectivity index (χ1n) is 8.66. The SMILES string of the molecule is CCc1ccc(C(=O)Nc2sccc2C(=O)N[C@H]2CCCNC2)cc1.Cl. The van der Waals surface area contributed by atoms with Crippen LogP contribution in [0.1, 0.15) is 46.0 Å². The van der Waals surface area contributed by atoms with E-state index in [9.17, 15) is 9.59 Å². The zero-order valence-electron chi connectivity index (χ0n) is 14.7. The normalized spacial score (nSPS) is 16.4. The summed E-state index contributed by atoms with van der Waals surface area (Å²) in [4.78, 5) is 24.9. The van der Waals surface area contributed by atoms with Gasteiger partial charge in [0, 0.05) is 18.2 Å². The maximum Gasteiger partial charge on any atom is 0.256 e. The number of aryl methyl sites for hydroxylation is 1. The third-order valence-corrected chi connectivity index (χ3v) is 5.22. The fourth-order valence-corrected chi connectivity index (χ4v) is 3.67. The number of thiophene rings is 1. The lowest BCUT2D eigenvalue weighted by Crippen LogP contribution is -2.45. The van der Waals surface area contributed by atoms with Gasteiger partial charge in [0.15, 0.2) is 0 Å². The Kier molecular flexibility index (Phi) is 7.63. The van der Waals surface area contributed by atoms with Crippen LogP contribution in [0.15, 0.2) is 35.7 Å².